The number of nitrogens with zero attached hydrogens (tertiary/aromatic N) is 2. The number of aromatic nitrogens is 2. The van der Waals surface area contributed by atoms with E-state index in [1.807, 2.05) is 30.3 Å². The molecule has 0 radical (unpaired) electrons. The maximum Gasteiger partial charge on any atom is 0.332 e. The van der Waals surface area contributed by atoms with Crippen LogP contribution in [0.1, 0.15) is 20.8 Å². The summed E-state index contributed by atoms with van der Waals surface area (Å²) in [5, 5.41) is 9.23. The van der Waals surface area contributed by atoms with Gasteiger partial charge in [-0.2, -0.15) is 0 Å². The molecule has 1 aromatic carbocycles. The summed E-state index contributed by atoms with van der Waals surface area (Å²) in [7, 11) is 0. The summed E-state index contributed by atoms with van der Waals surface area (Å²) in [5.74, 6) is -1.99. The van der Waals surface area contributed by atoms with Crippen LogP contribution >= 0.6 is 11.3 Å². The molecule has 0 aliphatic carbocycles. The van der Waals surface area contributed by atoms with E-state index in [0.29, 0.717) is 21.4 Å². The molecule has 1 amide bonds. The van der Waals surface area contributed by atoms with Gasteiger partial charge < -0.3 is 10.8 Å². The third-order valence-corrected chi connectivity index (χ3v) is 5.61. The quantitative estimate of drug-likeness (QED) is 0.652. The van der Waals surface area contributed by atoms with Crippen molar-refractivity contribution in [2.45, 2.75) is 26.4 Å². The van der Waals surface area contributed by atoms with Crippen molar-refractivity contribution >= 4 is 33.4 Å². The molecule has 27 heavy (non-hydrogen) atoms. The van der Waals surface area contributed by atoms with Crippen molar-refractivity contribution < 1.29 is 14.7 Å². The van der Waals surface area contributed by atoms with Crippen LogP contribution in [0.5, 0.6) is 0 Å². The van der Waals surface area contributed by atoms with Crippen LogP contribution in [0.2, 0.25) is 0 Å². The van der Waals surface area contributed by atoms with Gasteiger partial charge in [-0.05, 0) is 24.5 Å². The fourth-order valence-electron chi connectivity index (χ4n) is 2.99. The van der Waals surface area contributed by atoms with Gasteiger partial charge in [-0.3, -0.25) is 19.0 Å². The lowest BCUT2D eigenvalue weighted by atomic mass is 10.1. The van der Waals surface area contributed by atoms with Gasteiger partial charge in [0.1, 0.15) is 11.4 Å². The Labute approximate surface area is 157 Å². The first-order chi connectivity index (χ1) is 12.8. The summed E-state index contributed by atoms with van der Waals surface area (Å²) in [6.45, 7) is 1.05. The number of benzene rings is 1. The van der Waals surface area contributed by atoms with Crippen molar-refractivity contribution in [3.05, 3.63) is 67.2 Å². The van der Waals surface area contributed by atoms with Crippen molar-refractivity contribution in [3.8, 4) is 0 Å². The fourth-order valence-corrected chi connectivity index (χ4v) is 4.16. The summed E-state index contributed by atoms with van der Waals surface area (Å²) < 4.78 is 2.02. The third-order valence-electron chi connectivity index (χ3n) is 4.28. The van der Waals surface area contributed by atoms with Gasteiger partial charge >= 0.3 is 11.7 Å². The van der Waals surface area contributed by atoms with Crippen LogP contribution in [0.25, 0.3) is 10.2 Å². The molecular weight excluding hydrogens is 370 g/mol. The minimum atomic E-state index is -1.30. The Hall–Kier alpha value is -3.20. The molecule has 2 heterocycles. The van der Waals surface area contributed by atoms with E-state index in [1.54, 1.807) is 6.92 Å². The van der Waals surface area contributed by atoms with Crippen LogP contribution in [-0.2, 0) is 24.3 Å². The van der Waals surface area contributed by atoms with Crippen LogP contribution in [0.15, 0.2) is 39.9 Å². The van der Waals surface area contributed by atoms with Crippen molar-refractivity contribution in [1.82, 2.24) is 9.13 Å². The minimum Gasteiger partial charge on any atom is -0.480 e. The van der Waals surface area contributed by atoms with E-state index in [4.69, 9.17) is 10.8 Å². The van der Waals surface area contributed by atoms with Crippen LogP contribution in [0, 0.1) is 6.92 Å². The summed E-state index contributed by atoms with van der Waals surface area (Å²) in [6.07, 6.45) is 0.504. The van der Waals surface area contributed by atoms with Crippen molar-refractivity contribution in [1.29, 1.82) is 0 Å². The molecule has 0 atom stereocenters. The van der Waals surface area contributed by atoms with Gasteiger partial charge in [0.2, 0.25) is 0 Å². The van der Waals surface area contributed by atoms with Crippen LogP contribution < -0.4 is 17.0 Å². The van der Waals surface area contributed by atoms with E-state index in [-0.39, 0.29) is 16.8 Å². The third kappa shape index (κ3) is 3.41. The number of fused-ring (bicyclic) bond motifs is 1. The monoisotopic (exact) mass is 387 g/mol. The Morgan fingerprint density at radius 2 is 1.81 bits per heavy atom. The van der Waals surface area contributed by atoms with Gasteiger partial charge in [-0.25, -0.2) is 9.36 Å². The molecule has 0 aliphatic rings. The fraction of sp³-hybridized carbons (Fsp3) is 0.222. The van der Waals surface area contributed by atoms with Gasteiger partial charge in [0.15, 0.2) is 0 Å². The predicted molar refractivity (Wildman–Crippen MR) is 101 cm³/mol. The number of nitrogens with two attached hydrogens (primary N) is 1. The van der Waals surface area contributed by atoms with Crippen LogP contribution in [0.3, 0.4) is 0 Å². The van der Waals surface area contributed by atoms with Crippen molar-refractivity contribution in [2.75, 3.05) is 0 Å². The molecule has 0 unspecified atom stereocenters. The second-order valence-electron chi connectivity index (χ2n) is 6.06. The van der Waals surface area contributed by atoms with Gasteiger partial charge in [0.05, 0.1) is 10.3 Å². The zero-order chi connectivity index (χ0) is 19.7. The molecule has 8 nitrogen and oxygen atoms in total. The average Bonchev–Trinajstić information content (AvgIpc) is 2.97. The van der Waals surface area contributed by atoms with E-state index < -0.39 is 29.7 Å². The number of primary amides is 1. The lowest BCUT2D eigenvalue weighted by Crippen LogP contribution is -2.41. The Morgan fingerprint density at radius 3 is 2.41 bits per heavy atom. The predicted octanol–water partition coefficient (Wildman–Crippen LogP) is 0.959. The summed E-state index contributed by atoms with van der Waals surface area (Å²) >= 11 is 0.977. The second-order valence-corrected chi connectivity index (χ2v) is 7.05. The zero-order valence-corrected chi connectivity index (χ0v) is 15.3. The number of thiophene rings is 1. The maximum atomic E-state index is 12.8. The highest BCUT2D eigenvalue weighted by Crippen LogP contribution is 2.27. The number of rotatable bonds is 6. The van der Waals surface area contributed by atoms with Gasteiger partial charge in [0, 0.05) is 6.54 Å². The molecule has 0 aliphatic heterocycles. The number of carboxylic acids is 1. The van der Waals surface area contributed by atoms with E-state index in [2.05, 4.69) is 0 Å². The number of hydrogen-bond acceptors (Lipinski definition) is 5. The largest absolute Gasteiger partial charge is 0.480 e. The first-order valence-corrected chi connectivity index (χ1v) is 8.95. The molecular formula is C18H17N3O5S. The summed E-state index contributed by atoms with van der Waals surface area (Å²) in [4.78, 5) is 48.8. The number of hydrogen-bond donors (Lipinski definition) is 2. The highest BCUT2D eigenvalue weighted by molar-refractivity contribution is 7.20. The van der Waals surface area contributed by atoms with E-state index in [1.165, 1.54) is 4.57 Å². The smallest absolute Gasteiger partial charge is 0.332 e. The highest BCUT2D eigenvalue weighted by Gasteiger charge is 2.22. The average molecular weight is 387 g/mol. The highest BCUT2D eigenvalue weighted by atomic mass is 32.1. The molecule has 3 aromatic rings. The topological polar surface area (TPSA) is 124 Å². The molecule has 0 saturated carbocycles. The maximum absolute atomic E-state index is 12.8. The molecule has 3 rings (SSSR count). The normalized spacial score (nSPS) is 11.0. The lowest BCUT2D eigenvalue weighted by molar-refractivity contribution is -0.137. The Balaban J connectivity index is 2.24. The number of aryl methyl sites for hydroxylation is 3. The summed E-state index contributed by atoms with van der Waals surface area (Å²) in [5.41, 5.74) is 5.28. The molecule has 0 saturated heterocycles. The first kappa shape index (κ1) is 18.6. The number of carboxylic acid groups (broad SMARTS) is 1. The van der Waals surface area contributed by atoms with Gasteiger partial charge in [-0.1, -0.05) is 30.3 Å². The Bertz CT molecular complexity index is 1160. The van der Waals surface area contributed by atoms with Crippen molar-refractivity contribution in [3.63, 3.8) is 0 Å². The van der Waals surface area contributed by atoms with Crippen LogP contribution in [-0.4, -0.2) is 26.1 Å². The summed E-state index contributed by atoms with van der Waals surface area (Å²) in [6, 6.07) is 9.44. The molecule has 0 fully saturated rings. The standard InChI is InChI=1S/C18H17N3O5S/c1-10-13-16(25)21(9-12(22)23)18(26)20(17(13)27-14(10)15(19)24)8-7-11-5-3-2-4-6-11/h2-6H,7-9H2,1H3,(H2,19,24)(H,22,23). The molecule has 2 aromatic heterocycles. The molecule has 3 N–H and O–H groups in total. The number of carbonyl (C=O) groups excluding carboxylic acids is 1. The minimum absolute atomic E-state index is 0.155. The molecule has 0 bridgehead atoms. The van der Waals surface area contributed by atoms with Gasteiger partial charge in [0.25, 0.3) is 11.5 Å². The lowest BCUT2D eigenvalue weighted by Gasteiger charge is -2.11. The molecule has 0 spiro atoms. The van der Waals surface area contributed by atoms with E-state index in [9.17, 15) is 19.2 Å². The first-order valence-electron chi connectivity index (χ1n) is 8.13. The zero-order valence-electron chi connectivity index (χ0n) is 14.5. The Morgan fingerprint density at radius 1 is 1.15 bits per heavy atom. The van der Waals surface area contributed by atoms with Crippen LogP contribution in [0.4, 0.5) is 0 Å². The number of carbonyl (C=O) groups is 2. The SMILES string of the molecule is Cc1c(C(N)=O)sc2c1c(=O)n(CC(=O)O)c(=O)n2CCc1ccccc1. The second kappa shape index (κ2) is 7.20. The van der Waals surface area contributed by atoms with Crippen molar-refractivity contribution in [2.24, 2.45) is 5.73 Å². The molecule has 9 heteroatoms. The van der Waals surface area contributed by atoms with E-state index >= 15 is 0 Å². The molecule has 140 valence electrons. The number of amides is 1. The van der Waals surface area contributed by atoms with E-state index in [0.717, 1.165) is 16.9 Å². The van der Waals surface area contributed by atoms with Gasteiger partial charge in [-0.15, -0.1) is 11.3 Å². The number of aliphatic carboxylic acids is 1. The Kier molecular flexibility index (Phi) is 4.95.